The maximum Gasteiger partial charge on any atom is 1.00 e. The van der Waals surface area contributed by atoms with E-state index in [1.54, 1.807) is 6.92 Å². The Bertz CT molecular complexity index is 214. The van der Waals surface area contributed by atoms with Crippen LogP contribution in [0.15, 0.2) is 0 Å². The standard InChI is InChI=1S/C6H14O4S.Na/c1-3-5-6(7,4-2)11(8,9)10;/h7H,3-5H2,1-2H3,(H,8,9,10);/q;+1/p-1. The molecular formula is C6H13NaO4S. The maximum absolute atomic E-state index is 10.5. The van der Waals surface area contributed by atoms with E-state index in [2.05, 4.69) is 0 Å². The molecule has 0 amide bonds. The summed E-state index contributed by atoms with van der Waals surface area (Å²) in [5, 5.41) is 9.26. The van der Waals surface area contributed by atoms with Crippen LogP contribution in [0.1, 0.15) is 33.1 Å². The number of rotatable bonds is 4. The topological polar surface area (TPSA) is 77.4 Å². The molecule has 0 aliphatic heterocycles. The summed E-state index contributed by atoms with van der Waals surface area (Å²) < 4.78 is 31.4. The van der Waals surface area contributed by atoms with Gasteiger partial charge in [0.25, 0.3) is 0 Å². The van der Waals surface area contributed by atoms with Gasteiger partial charge in [-0.05, 0) is 12.8 Å². The zero-order valence-electron chi connectivity index (χ0n) is 7.70. The summed E-state index contributed by atoms with van der Waals surface area (Å²) in [6.07, 6.45) is 0.438. The summed E-state index contributed by atoms with van der Waals surface area (Å²) in [6, 6.07) is 0. The maximum atomic E-state index is 10.5. The molecule has 0 radical (unpaired) electrons. The van der Waals surface area contributed by atoms with Crippen LogP contribution in [0.3, 0.4) is 0 Å². The van der Waals surface area contributed by atoms with Crippen LogP contribution in [-0.2, 0) is 10.1 Å². The van der Waals surface area contributed by atoms with Crippen molar-refractivity contribution < 1.29 is 47.6 Å². The molecule has 0 saturated carbocycles. The number of hydrogen-bond acceptors (Lipinski definition) is 4. The van der Waals surface area contributed by atoms with Crippen molar-refractivity contribution in [1.82, 2.24) is 0 Å². The molecule has 0 aromatic heterocycles. The molecule has 0 rings (SSSR count). The van der Waals surface area contributed by atoms with Gasteiger partial charge in [-0.15, -0.1) is 0 Å². The second kappa shape index (κ2) is 5.57. The van der Waals surface area contributed by atoms with Crippen LogP contribution in [0.2, 0.25) is 0 Å². The Hall–Kier alpha value is 0.870. The first-order chi connectivity index (χ1) is 4.87. The molecule has 0 fully saturated rings. The van der Waals surface area contributed by atoms with Crippen LogP contribution in [0.4, 0.5) is 0 Å². The van der Waals surface area contributed by atoms with Crippen molar-refractivity contribution in [3.05, 3.63) is 0 Å². The van der Waals surface area contributed by atoms with Crippen molar-refractivity contribution in [2.24, 2.45) is 0 Å². The normalized spacial score (nSPS) is 16.3. The van der Waals surface area contributed by atoms with Gasteiger partial charge in [-0.25, -0.2) is 8.42 Å². The first kappa shape index (κ1) is 15.3. The van der Waals surface area contributed by atoms with Crippen LogP contribution < -0.4 is 29.6 Å². The van der Waals surface area contributed by atoms with Gasteiger partial charge in [0.15, 0.2) is 4.93 Å². The minimum atomic E-state index is -4.57. The molecule has 1 N–H and O–H groups in total. The van der Waals surface area contributed by atoms with Crippen molar-refractivity contribution in [1.29, 1.82) is 0 Å². The van der Waals surface area contributed by atoms with E-state index in [9.17, 15) is 18.1 Å². The molecule has 12 heavy (non-hydrogen) atoms. The molecule has 1 unspecified atom stereocenters. The van der Waals surface area contributed by atoms with Crippen molar-refractivity contribution in [3.8, 4) is 0 Å². The average Bonchev–Trinajstić information content (AvgIpc) is 1.86. The van der Waals surface area contributed by atoms with E-state index in [-0.39, 0.29) is 42.4 Å². The van der Waals surface area contributed by atoms with Gasteiger partial charge in [-0.1, -0.05) is 20.3 Å². The molecule has 0 bridgehead atoms. The summed E-state index contributed by atoms with van der Waals surface area (Å²) in [5.41, 5.74) is 0. The Balaban J connectivity index is 0. The smallest absolute Gasteiger partial charge is 0.746 e. The molecule has 4 nitrogen and oxygen atoms in total. The minimum Gasteiger partial charge on any atom is -0.746 e. The zero-order chi connectivity index (χ0) is 9.12. The summed E-state index contributed by atoms with van der Waals surface area (Å²) in [4.78, 5) is -2.05. The van der Waals surface area contributed by atoms with Crippen LogP contribution in [0, 0.1) is 0 Å². The Labute approximate surface area is 95.4 Å². The predicted octanol–water partition coefficient (Wildman–Crippen LogP) is -2.57. The molecule has 68 valence electrons. The molecule has 0 aromatic rings. The van der Waals surface area contributed by atoms with E-state index in [1.807, 2.05) is 0 Å². The van der Waals surface area contributed by atoms with E-state index in [1.165, 1.54) is 6.92 Å². The third-order valence-electron chi connectivity index (χ3n) is 1.66. The molecule has 0 heterocycles. The molecule has 0 aromatic carbocycles. The van der Waals surface area contributed by atoms with Crippen LogP contribution in [0.5, 0.6) is 0 Å². The third-order valence-corrected chi connectivity index (χ3v) is 3.08. The molecule has 0 saturated heterocycles. The fraction of sp³-hybridized carbons (Fsp3) is 1.00. The molecule has 6 heteroatoms. The molecule has 0 spiro atoms. The van der Waals surface area contributed by atoms with Crippen LogP contribution >= 0.6 is 0 Å². The van der Waals surface area contributed by atoms with Crippen LogP contribution in [0.25, 0.3) is 0 Å². The Kier molecular flexibility index (Phi) is 7.12. The van der Waals surface area contributed by atoms with E-state index >= 15 is 0 Å². The summed E-state index contributed by atoms with van der Waals surface area (Å²) in [6.45, 7) is 3.19. The summed E-state index contributed by atoms with van der Waals surface area (Å²) in [7, 11) is -4.57. The first-order valence-electron chi connectivity index (χ1n) is 3.55. The van der Waals surface area contributed by atoms with Crippen molar-refractivity contribution in [3.63, 3.8) is 0 Å². The van der Waals surface area contributed by atoms with E-state index in [0.717, 1.165) is 0 Å². The number of hydrogen-bond donors (Lipinski definition) is 1. The fourth-order valence-corrected chi connectivity index (χ4v) is 1.68. The van der Waals surface area contributed by atoms with Gasteiger partial charge < -0.3 is 9.66 Å². The van der Waals surface area contributed by atoms with Gasteiger partial charge in [0.2, 0.25) is 0 Å². The van der Waals surface area contributed by atoms with Gasteiger partial charge in [0, 0.05) is 0 Å². The Morgan fingerprint density at radius 1 is 1.42 bits per heavy atom. The second-order valence-corrected chi connectivity index (χ2v) is 4.17. The van der Waals surface area contributed by atoms with Crippen molar-refractivity contribution in [2.45, 2.75) is 38.0 Å². The van der Waals surface area contributed by atoms with E-state index < -0.39 is 15.1 Å². The average molecular weight is 204 g/mol. The van der Waals surface area contributed by atoms with Crippen molar-refractivity contribution in [2.75, 3.05) is 0 Å². The number of aliphatic hydroxyl groups is 1. The van der Waals surface area contributed by atoms with Gasteiger partial charge in [-0.3, -0.25) is 0 Å². The zero-order valence-corrected chi connectivity index (χ0v) is 10.5. The predicted molar refractivity (Wildman–Crippen MR) is 39.8 cm³/mol. The van der Waals surface area contributed by atoms with E-state index in [4.69, 9.17) is 0 Å². The Morgan fingerprint density at radius 3 is 1.92 bits per heavy atom. The molecule has 1 atom stereocenters. The monoisotopic (exact) mass is 204 g/mol. The first-order valence-corrected chi connectivity index (χ1v) is 4.96. The fourth-order valence-electron chi connectivity index (χ4n) is 0.869. The third kappa shape index (κ3) is 3.72. The second-order valence-electron chi connectivity index (χ2n) is 2.50. The SMILES string of the molecule is CCCC(O)(CC)S(=O)(=O)[O-].[Na+]. The van der Waals surface area contributed by atoms with Gasteiger partial charge in [0.05, 0.1) is 0 Å². The van der Waals surface area contributed by atoms with Crippen LogP contribution in [-0.4, -0.2) is 23.0 Å². The molecule has 0 aliphatic carbocycles. The molecular weight excluding hydrogens is 191 g/mol. The van der Waals surface area contributed by atoms with Crippen molar-refractivity contribution >= 4 is 10.1 Å². The quantitative estimate of drug-likeness (QED) is 0.403. The minimum absolute atomic E-state index is 0. The summed E-state index contributed by atoms with van der Waals surface area (Å²) >= 11 is 0. The summed E-state index contributed by atoms with van der Waals surface area (Å²) in [5.74, 6) is 0. The van der Waals surface area contributed by atoms with Gasteiger partial charge in [-0.2, -0.15) is 0 Å². The van der Waals surface area contributed by atoms with Gasteiger partial charge in [0.1, 0.15) is 10.1 Å². The van der Waals surface area contributed by atoms with Gasteiger partial charge >= 0.3 is 29.6 Å². The largest absolute Gasteiger partial charge is 1.00 e. The molecule has 0 aliphatic rings. The Morgan fingerprint density at radius 2 is 1.83 bits per heavy atom. The van der Waals surface area contributed by atoms with E-state index in [0.29, 0.717) is 6.42 Å².